The molecule has 1 aromatic heterocycles. The summed E-state index contributed by atoms with van der Waals surface area (Å²) in [7, 11) is 2.07. The molecule has 0 radical (unpaired) electrons. The van der Waals surface area contributed by atoms with Crippen LogP contribution in [0, 0.1) is 0 Å². The van der Waals surface area contributed by atoms with Crippen LogP contribution >= 0.6 is 11.3 Å². The van der Waals surface area contributed by atoms with Crippen molar-refractivity contribution in [3.8, 4) is 0 Å². The lowest BCUT2D eigenvalue weighted by atomic mass is 9.84. The van der Waals surface area contributed by atoms with Crippen molar-refractivity contribution < 1.29 is 9.84 Å². The number of likely N-dealkylation sites (N-methyl/N-ethyl adjacent to an activating group) is 1. The van der Waals surface area contributed by atoms with Gasteiger partial charge in [-0.15, -0.1) is 11.3 Å². The van der Waals surface area contributed by atoms with Crippen molar-refractivity contribution in [1.29, 1.82) is 0 Å². The number of aliphatic hydroxyl groups is 1. The number of nitrogens with zero attached hydrogens (tertiary/aromatic N) is 2. The molecule has 5 heteroatoms. The molecule has 0 bridgehead atoms. The van der Waals surface area contributed by atoms with E-state index in [2.05, 4.69) is 22.3 Å². The van der Waals surface area contributed by atoms with E-state index in [9.17, 15) is 5.11 Å². The van der Waals surface area contributed by atoms with Gasteiger partial charge >= 0.3 is 0 Å². The maximum absolute atomic E-state index is 10.6. The Balaban J connectivity index is 1.86. The number of ether oxygens (including phenoxy) is 1. The van der Waals surface area contributed by atoms with Gasteiger partial charge in [0.25, 0.3) is 0 Å². The summed E-state index contributed by atoms with van der Waals surface area (Å²) in [6, 6.07) is 0. The van der Waals surface area contributed by atoms with Crippen LogP contribution in [-0.4, -0.2) is 40.8 Å². The third-order valence-electron chi connectivity index (χ3n) is 4.11. The summed E-state index contributed by atoms with van der Waals surface area (Å²) in [4.78, 5) is 6.84. The van der Waals surface area contributed by atoms with Gasteiger partial charge in [0.05, 0.1) is 11.3 Å². The van der Waals surface area contributed by atoms with E-state index in [-0.39, 0.29) is 6.10 Å². The van der Waals surface area contributed by atoms with Gasteiger partial charge in [-0.05, 0) is 33.7 Å². The number of thiazole rings is 1. The van der Waals surface area contributed by atoms with Crippen LogP contribution in [0.4, 0.5) is 0 Å². The zero-order valence-electron chi connectivity index (χ0n) is 13.5. The van der Waals surface area contributed by atoms with Crippen LogP contribution in [-0.2, 0) is 11.3 Å². The normalized spacial score (nSPS) is 19.9. The lowest BCUT2D eigenvalue weighted by Gasteiger charge is -2.35. The van der Waals surface area contributed by atoms with Crippen molar-refractivity contribution in [3.63, 3.8) is 0 Å². The Labute approximate surface area is 132 Å². The molecule has 1 N–H and O–H groups in total. The van der Waals surface area contributed by atoms with Gasteiger partial charge in [0.15, 0.2) is 0 Å². The van der Waals surface area contributed by atoms with Crippen LogP contribution in [0.25, 0.3) is 0 Å². The molecule has 1 aliphatic rings. The minimum absolute atomic E-state index is 0.0709. The number of rotatable bonds is 7. The van der Waals surface area contributed by atoms with Crippen LogP contribution in [0.2, 0.25) is 0 Å². The molecule has 0 aliphatic heterocycles. The summed E-state index contributed by atoms with van der Waals surface area (Å²) >= 11 is 1.66. The molecule has 1 aromatic rings. The summed E-state index contributed by atoms with van der Waals surface area (Å²) in [5, 5.41) is 13.7. The molecule has 0 spiro atoms. The smallest absolute Gasteiger partial charge is 0.122 e. The Hall–Kier alpha value is -0.490. The minimum Gasteiger partial charge on any atom is -0.389 e. The quantitative estimate of drug-likeness (QED) is 0.838. The standard InChI is InChI=1S/C16H28N2O2S/c1-4-20-13(2)15-17-14(11-21-15)10-18(3)12-16(19)8-6-5-7-9-16/h11,13,19H,4-10,12H2,1-3H3. The fourth-order valence-corrected chi connectivity index (χ4v) is 3.92. The first-order chi connectivity index (χ1) is 10.0. The van der Waals surface area contributed by atoms with E-state index < -0.39 is 5.60 Å². The second kappa shape index (κ2) is 7.68. The monoisotopic (exact) mass is 312 g/mol. The molecule has 21 heavy (non-hydrogen) atoms. The molecule has 0 saturated heterocycles. The topological polar surface area (TPSA) is 45.6 Å². The van der Waals surface area contributed by atoms with E-state index in [1.54, 1.807) is 11.3 Å². The average molecular weight is 312 g/mol. The van der Waals surface area contributed by atoms with Crippen molar-refractivity contribution in [2.24, 2.45) is 0 Å². The van der Waals surface area contributed by atoms with Gasteiger partial charge in [0, 0.05) is 25.1 Å². The van der Waals surface area contributed by atoms with Crippen molar-refractivity contribution in [2.45, 2.75) is 64.2 Å². The third kappa shape index (κ3) is 5.02. The summed E-state index contributed by atoms with van der Waals surface area (Å²) < 4.78 is 5.58. The van der Waals surface area contributed by atoms with Crippen molar-refractivity contribution in [2.75, 3.05) is 20.2 Å². The molecule has 2 rings (SSSR count). The Morgan fingerprint density at radius 3 is 2.81 bits per heavy atom. The molecule has 1 saturated carbocycles. The Kier molecular flexibility index (Phi) is 6.17. The molecule has 0 aromatic carbocycles. The molecule has 1 fully saturated rings. The van der Waals surface area contributed by atoms with Crippen LogP contribution in [0.5, 0.6) is 0 Å². The third-order valence-corrected chi connectivity index (χ3v) is 5.17. The number of hydrogen-bond acceptors (Lipinski definition) is 5. The lowest BCUT2D eigenvalue weighted by Crippen LogP contribution is -2.42. The van der Waals surface area contributed by atoms with Crippen molar-refractivity contribution in [1.82, 2.24) is 9.88 Å². The van der Waals surface area contributed by atoms with E-state index in [0.717, 1.165) is 49.5 Å². The van der Waals surface area contributed by atoms with E-state index in [4.69, 9.17) is 4.74 Å². The minimum atomic E-state index is -0.496. The first kappa shape index (κ1) is 16.9. The summed E-state index contributed by atoms with van der Waals surface area (Å²) in [5.41, 5.74) is 0.577. The zero-order chi connectivity index (χ0) is 15.3. The van der Waals surface area contributed by atoms with E-state index in [1.807, 2.05) is 13.8 Å². The van der Waals surface area contributed by atoms with Crippen LogP contribution < -0.4 is 0 Å². The first-order valence-electron chi connectivity index (χ1n) is 7.99. The SMILES string of the molecule is CCOC(C)c1nc(CN(C)CC2(O)CCCCC2)cs1. The highest BCUT2D eigenvalue weighted by molar-refractivity contribution is 7.09. The highest BCUT2D eigenvalue weighted by Gasteiger charge is 2.30. The van der Waals surface area contributed by atoms with Crippen LogP contribution in [0.15, 0.2) is 5.38 Å². The predicted octanol–water partition coefficient (Wildman–Crippen LogP) is 3.37. The first-order valence-corrected chi connectivity index (χ1v) is 8.87. The predicted molar refractivity (Wildman–Crippen MR) is 86.5 cm³/mol. The van der Waals surface area contributed by atoms with Gasteiger partial charge in [-0.2, -0.15) is 0 Å². The van der Waals surface area contributed by atoms with Gasteiger partial charge in [0.1, 0.15) is 11.1 Å². The highest BCUT2D eigenvalue weighted by atomic mass is 32.1. The number of hydrogen-bond donors (Lipinski definition) is 1. The van der Waals surface area contributed by atoms with Gasteiger partial charge in [-0.3, -0.25) is 4.90 Å². The van der Waals surface area contributed by atoms with E-state index >= 15 is 0 Å². The Morgan fingerprint density at radius 2 is 2.14 bits per heavy atom. The average Bonchev–Trinajstić information content (AvgIpc) is 2.87. The van der Waals surface area contributed by atoms with Crippen LogP contribution in [0.3, 0.4) is 0 Å². The molecule has 1 aliphatic carbocycles. The van der Waals surface area contributed by atoms with Gasteiger partial charge < -0.3 is 9.84 Å². The Morgan fingerprint density at radius 1 is 1.43 bits per heavy atom. The van der Waals surface area contributed by atoms with Gasteiger partial charge in [0.2, 0.25) is 0 Å². The molecular weight excluding hydrogens is 284 g/mol. The molecule has 0 amide bonds. The summed E-state index contributed by atoms with van der Waals surface area (Å²) in [6.07, 6.45) is 5.49. The molecular formula is C16H28N2O2S. The fourth-order valence-electron chi connectivity index (χ4n) is 3.11. The number of aromatic nitrogens is 1. The zero-order valence-corrected chi connectivity index (χ0v) is 14.3. The van der Waals surface area contributed by atoms with Crippen LogP contribution in [0.1, 0.15) is 62.8 Å². The highest BCUT2D eigenvalue weighted by Crippen LogP contribution is 2.29. The van der Waals surface area contributed by atoms with Crippen molar-refractivity contribution >= 4 is 11.3 Å². The second-order valence-corrected chi connectivity index (χ2v) is 7.12. The van der Waals surface area contributed by atoms with Crippen molar-refractivity contribution in [3.05, 3.63) is 16.1 Å². The van der Waals surface area contributed by atoms with Gasteiger partial charge in [-0.25, -0.2) is 4.98 Å². The van der Waals surface area contributed by atoms with E-state index in [1.165, 1.54) is 6.42 Å². The Bertz CT molecular complexity index is 430. The largest absolute Gasteiger partial charge is 0.389 e. The molecule has 1 atom stereocenters. The summed E-state index contributed by atoms with van der Waals surface area (Å²) in [5.74, 6) is 0. The molecule has 4 nitrogen and oxygen atoms in total. The summed E-state index contributed by atoms with van der Waals surface area (Å²) in [6.45, 7) is 6.28. The molecule has 120 valence electrons. The van der Waals surface area contributed by atoms with E-state index in [0.29, 0.717) is 6.61 Å². The second-order valence-electron chi connectivity index (χ2n) is 6.23. The lowest BCUT2D eigenvalue weighted by molar-refractivity contribution is -0.0225. The van der Waals surface area contributed by atoms with Gasteiger partial charge in [-0.1, -0.05) is 19.3 Å². The molecule has 1 heterocycles. The maximum Gasteiger partial charge on any atom is 0.122 e. The fraction of sp³-hybridized carbons (Fsp3) is 0.812. The molecule has 1 unspecified atom stereocenters. The maximum atomic E-state index is 10.6.